The number of hydrogen-bond donors (Lipinski definition) is 0. The van der Waals surface area contributed by atoms with E-state index in [1.54, 1.807) is 21.1 Å². The van der Waals surface area contributed by atoms with Crippen LogP contribution in [-0.4, -0.2) is 75.5 Å². The summed E-state index contributed by atoms with van der Waals surface area (Å²) in [6.45, 7) is 4.45. The Kier molecular flexibility index (Phi) is 33.3. The molecular formula is C42H81NO7. The van der Waals surface area contributed by atoms with Crippen LogP contribution in [0.5, 0.6) is 0 Å². The fourth-order valence-electron chi connectivity index (χ4n) is 6.40. The number of rotatable bonds is 38. The summed E-state index contributed by atoms with van der Waals surface area (Å²) in [5.74, 6) is -1.76. The maximum Gasteiger partial charge on any atom is 0.306 e. The molecule has 8 nitrogen and oxygen atoms in total. The minimum atomic E-state index is -1.13. The molecule has 0 aliphatic carbocycles. The van der Waals surface area contributed by atoms with Crippen molar-refractivity contribution < 1.29 is 38.2 Å². The number of esters is 2. The van der Waals surface area contributed by atoms with Crippen LogP contribution in [0.15, 0.2) is 0 Å². The number of carboxylic acid groups (broad SMARTS) is 1. The molecule has 0 aliphatic rings. The van der Waals surface area contributed by atoms with E-state index in [0.29, 0.717) is 12.8 Å². The largest absolute Gasteiger partial charge is 0.544 e. The Bertz CT molecular complexity index is 797. The number of carbonyl (C=O) groups is 3. The fraction of sp³-hybridized carbons (Fsp3) is 0.929. The normalized spacial score (nSPS) is 12.9. The van der Waals surface area contributed by atoms with Gasteiger partial charge >= 0.3 is 11.9 Å². The van der Waals surface area contributed by atoms with Crippen LogP contribution in [-0.2, 0) is 28.6 Å². The highest BCUT2D eigenvalue weighted by molar-refractivity contribution is 5.70. The second kappa shape index (κ2) is 34.4. The summed E-state index contributed by atoms with van der Waals surface area (Å²) in [6.07, 6.45) is 33.9. The second-order valence-corrected chi connectivity index (χ2v) is 15.6. The molecule has 0 aromatic carbocycles. The van der Waals surface area contributed by atoms with Gasteiger partial charge in [0.15, 0.2) is 6.10 Å². The molecule has 0 saturated heterocycles. The first kappa shape index (κ1) is 48.3. The Morgan fingerprint density at radius 1 is 0.520 bits per heavy atom. The summed E-state index contributed by atoms with van der Waals surface area (Å²) < 4.78 is 16.8. The van der Waals surface area contributed by atoms with Gasteiger partial charge in [0.25, 0.3) is 0 Å². The second-order valence-electron chi connectivity index (χ2n) is 15.6. The average Bonchev–Trinajstić information content (AvgIpc) is 3.07. The van der Waals surface area contributed by atoms with E-state index in [2.05, 4.69) is 6.92 Å². The summed E-state index contributed by atoms with van der Waals surface area (Å²) >= 11 is 0. The van der Waals surface area contributed by atoms with Crippen molar-refractivity contribution >= 4 is 17.9 Å². The third-order valence-corrected chi connectivity index (χ3v) is 9.74. The molecule has 0 fully saturated rings. The van der Waals surface area contributed by atoms with E-state index in [1.165, 1.54) is 135 Å². The minimum Gasteiger partial charge on any atom is -0.544 e. The van der Waals surface area contributed by atoms with Crippen LogP contribution in [0.4, 0.5) is 0 Å². The van der Waals surface area contributed by atoms with Crippen LogP contribution < -0.4 is 5.11 Å². The SMILES string of the molecule is CCCCCCCCCCCCCCCCCCCCCCCCCCC(=O)OC(COCCC(C(=O)[O-])[N+](C)(C)C)COC(=O)CCCC. The number of quaternary nitrogens is 1. The molecule has 50 heavy (non-hydrogen) atoms. The maximum atomic E-state index is 12.5. The zero-order valence-corrected chi connectivity index (χ0v) is 33.6. The van der Waals surface area contributed by atoms with Gasteiger partial charge in [0.05, 0.1) is 40.3 Å². The molecule has 0 aromatic heterocycles. The van der Waals surface area contributed by atoms with Crippen LogP contribution >= 0.6 is 0 Å². The molecule has 0 N–H and O–H groups in total. The van der Waals surface area contributed by atoms with Crippen molar-refractivity contribution in [3.63, 3.8) is 0 Å². The van der Waals surface area contributed by atoms with Crippen LogP contribution in [0.3, 0.4) is 0 Å². The molecule has 2 atom stereocenters. The molecule has 0 rings (SSSR count). The molecular weight excluding hydrogens is 630 g/mol. The quantitative estimate of drug-likeness (QED) is 0.0357. The number of carbonyl (C=O) groups excluding carboxylic acids is 3. The molecule has 0 aromatic rings. The zero-order chi connectivity index (χ0) is 37.1. The predicted molar refractivity (Wildman–Crippen MR) is 204 cm³/mol. The highest BCUT2D eigenvalue weighted by Crippen LogP contribution is 2.16. The van der Waals surface area contributed by atoms with Crippen LogP contribution in [0.25, 0.3) is 0 Å². The van der Waals surface area contributed by atoms with Gasteiger partial charge in [-0.1, -0.05) is 168 Å². The van der Waals surface area contributed by atoms with Crippen molar-refractivity contribution in [3.8, 4) is 0 Å². The van der Waals surface area contributed by atoms with Crippen molar-refractivity contribution in [1.82, 2.24) is 0 Å². The first-order chi connectivity index (χ1) is 24.1. The van der Waals surface area contributed by atoms with E-state index in [-0.39, 0.29) is 42.7 Å². The van der Waals surface area contributed by atoms with Gasteiger partial charge in [-0.15, -0.1) is 0 Å². The monoisotopic (exact) mass is 712 g/mol. The topological polar surface area (TPSA) is 102 Å². The smallest absolute Gasteiger partial charge is 0.306 e. The van der Waals surface area contributed by atoms with Crippen LogP contribution in [0.2, 0.25) is 0 Å². The number of nitrogens with zero attached hydrogens (tertiary/aromatic N) is 1. The number of unbranched alkanes of at least 4 members (excludes halogenated alkanes) is 24. The first-order valence-corrected chi connectivity index (χ1v) is 21.1. The van der Waals surface area contributed by atoms with E-state index in [0.717, 1.165) is 32.1 Å². The summed E-state index contributed by atoms with van der Waals surface area (Å²) in [4.78, 5) is 36.1. The Morgan fingerprint density at radius 2 is 0.900 bits per heavy atom. The van der Waals surface area contributed by atoms with Gasteiger partial charge in [-0.05, 0) is 12.8 Å². The van der Waals surface area contributed by atoms with E-state index in [9.17, 15) is 19.5 Å². The van der Waals surface area contributed by atoms with Gasteiger partial charge in [0.2, 0.25) is 0 Å². The van der Waals surface area contributed by atoms with Gasteiger partial charge in [-0.25, -0.2) is 0 Å². The number of likely N-dealkylation sites (N-methyl/N-ethyl adjacent to an activating group) is 1. The summed E-state index contributed by atoms with van der Waals surface area (Å²) in [5, 5.41) is 11.5. The lowest BCUT2D eigenvalue weighted by Gasteiger charge is -2.34. The third-order valence-electron chi connectivity index (χ3n) is 9.74. The van der Waals surface area contributed by atoms with E-state index in [4.69, 9.17) is 14.2 Å². The number of hydrogen-bond acceptors (Lipinski definition) is 7. The van der Waals surface area contributed by atoms with Crippen molar-refractivity contribution in [2.75, 3.05) is 41.0 Å². The first-order valence-electron chi connectivity index (χ1n) is 21.1. The average molecular weight is 712 g/mol. The summed E-state index contributed by atoms with van der Waals surface area (Å²) in [7, 11) is 5.39. The van der Waals surface area contributed by atoms with E-state index >= 15 is 0 Å². The van der Waals surface area contributed by atoms with E-state index < -0.39 is 18.1 Å². The van der Waals surface area contributed by atoms with Crippen molar-refractivity contribution in [1.29, 1.82) is 0 Å². The van der Waals surface area contributed by atoms with Gasteiger partial charge in [0.1, 0.15) is 12.6 Å². The Labute approximate surface area is 308 Å². The fourth-order valence-corrected chi connectivity index (χ4v) is 6.40. The van der Waals surface area contributed by atoms with Crippen molar-refractivity contribution in [2.24, 2.45) is 0 Å². The molecule has 0 heterocycles. The molecule has 0 amide bonds. The molecule has 0 spiro atoms. The molecule has 0 aliphatic heterocycles. The maximum absolute atomic E-state index is 12.5. The summed E-state index contributed by atoms with van der Waals surface area (Å²) in [6, 6.07) is -0.716. The lowest BCUT2D eigenvalue weighted by Crippen LogP contribution is -2.55. The molecule has 0 saturated carbocycles. The zero-order valence-electron chi connectivity index (χ0n) is 33.6. The Morgan fingerprint density at radius 3 is 1.28 bits per heavy atom. The third kappa shape index (κ3) is 32.3. The van der Waals surface area contributed by atoms with Crippen LogP contribution in [0, 0.1) is 0 Å². The standard InChI is InChI=1S/C42H81NO7/c1-6-8-10-11-12-13-14-15-16-17-18-19-20-21-22-23-24-25-26-27-28-29-30-31-33-41(45)50-38(37-49-40(44)32-9-7-2)36-48-35-34-39(42(46)47)43(3,4)5/h38-39H,6-37H2,1-5H3. The number of ether oxygens (including phenoxy) is 3. The van der Waals surface area contributed by atoms with Crippen molar-refractivity contribution in [2.45, 2.75) is 212 Å². The molecule has 296 valence electrons. The van der Waals surface area contributed by atoms with Gasteiger partial charge in [0, 0.05) is 19.3 Å². The minimum absolute atomic E-state index is 0.0448. The van der Waals surface area contributed by atoms with Gasteiger partial charge in [-0.2, -0.15) is 0 Å². The number of carboxylic acids is 1. The van der Waals surface area contributed by atoms with Crippen molar-refractivity contribution in [3.05, 3.63) is 0 Å². The molecule has 2 unspecified atom stereocenters. The van der Waals surface area contributed by atoms with E-state index in [1.807, 2.05) is 6.92 Å². The van der Waals surface area contributed by atoms with Gasteiger partial charge < -0.3 is 28.6 Å². The van der Waals surface area contributed by atoms with Gasteiger partial charge in [-0.3, -0.25) is 9.59 Å². The Hall–Kier alpha value is -1.67. The molecule has 8 heteroatoms. The molecule has 0 bridgehead atoms. The lowest BCUT2D eigenvalue weighted by atomic mass is 10.0. The van der Waals surface area contributed by atoms with Crippen LogP contribution in [0.1, 0.15) is 200 Å². The number of aliphatic carboxylic acids is 1. The predicted octanol–water partition coefficient (Wildman–Crippen LogP) is 9.64. The summed E-state index contributed by atoms with van der Waals surface area (Å²) in [5.41, 5.74) is 0. The highest BCUT2D eigenvalue weighted by Gasteiger charge is 2.25. The highest BCUT2D eigenvalue weighted by atomic mass is 16.6. The molecule has 0 radical (unpaired) electrons. The Balaban J connectivity index is 3.86. The lowest BCUT2D eigenvalue weighted by molar-refractivity contribution is -0.889.